The molecule has 4 aliphatic rings. The zero-order valence-electron chi connectivity index (χ0n) is 15.3. The standard InChI is InChI=1S/C22H28O4/c23-20(24)15-25-13-12-21-8-10-22(11-9-21,26-16-21)19-7-3-6-18(14-19)17-4-1-2-5-17/h3-4,6-7,14H,1-2,5,8-13,15-16H2,(H,23,24). The van der Waals surface area contributed by atoms with E-state index >= 15 is 0 Å². The Labute approximate surface area is 155 Å². The fourth-order valence-corrected chi connectivity index (χ4v) is 4.84. The fourth-order valence-electron chi connectivity index (χ4n) is 4.84. The third-order valence-electron chi connectivity index (χ3n) is 6.58. The second kappa shape index (κ2) is 7.16. The first kappa shape index (κ1) is 17.7. The Morgan fingerprint density at radius 1 is 1.23 bits per heavy atom. The molecule has 1 aromatic carbocycles. The minimum absolute atomic E-state index is 0.126. The molecule has 1 saturated carbocycles. The Balaban J connectivity index is 1.42. The summed E-state index contributed by atoms with van der Waals surface area (Å²) in [6.45, 7) is 1.06. The summed E-state index contributed by atoms with van der Waals surface area (Å²) >= 11 is 0. The van der Waals surface area contributed by atoms with Gasteiger partial charge in [0.25, 0.3) is 0 Å². The normalized spacial score (nSPS) is 30.4. The largest absolute Gasteiger partial charge is 0.480 e. The number of benzene rings is 1. The van der Waals surface area contributed by atoms with Gasteiger partial charge in [-0.3, -0.25) is 0 Å². The lowest BCUT2D eigenvalue weighted by molar-refractivity contribution is -0.194. The quantitative estimate of drug-likeness (QED) is 0.729. The lowest BCUT2D eigenvalue weighted by atomic mass is 9.63. The molecule has 5 rings (SSSR count). The smallest absolute Gasteiger partial charge is 0.329 e. The summed E-state index contributed by atoms with van der Waals surface area (Å²) in [6.07, 6.45) is 11.3. The molecule has 2 heterocycles. The van der Waals surface area contributed by atoms with Gasteiger partial charge in [-0.25, -0.2) is 4.79 Å². The number of ether oxygens (including phenoxy) is 2. The molecule has 2 saturated heterocycles. The topological polar surface area (TPSA) is 55.8 Å². The maximum absolute atomic E-state index is 10.6. The zero-order valence-corrected chi connectivity index (χ0v) is 15.3. The van der Waals surface area contributed by atoms with Crippen molar-refractivity contribution < 1.29 is 19.4 Å². The van der Waals surface area contributed by atoms with Crippen molar-refractivity contribution in [2.75, 3.05) is 19.8 Å². The molecule has 4 heteroatoms. The van der Waals surface area contributed by atoms with Crippen molar-refractivity contribution in [3.63, 3.8) is 0 Å². The first-order valence-electron chi connectivity index (χ1n) is 9.84. The third-order valence-corrected chi connectivity index (χ3v) is 6.58. The van der Waals surface area contributed by atoms with E-state index in [0.717, 1.165) is 38.7 Å². The summed E-state index contributed by atoms with van der Waals surface area (Å²) in [4.78, 5) is 10.6. The van der Waals surface area contributed by atoms with Crippen LogP contribution < -0.4 is 0 Å². The molecule has 0 unspecified atom stereocenters. The maximum atomic E-state index is 10.6. The number of carbonyl (C=O) groups is 1. The molecular formula is C22H28O4. The molecule has 0 aromatic heterocycles. The monoisotopic (exact) mass is 356 g/mol. The van der Waals surface area contributed by atoms with Crippen LogP contribution in [0.15, 0.2) is 30.3 Å². The Bertz CT molecular complexity index is 681. The van der Waals surface area contributed by atoms with E-state index in [1.165, 1.54) is 36.0 Å². The van der Waals surface area contributed by atoms with Crippen LogP contribution in [0.4, 0.5) is 0 Å². The summed E-state index contributed by atoms with van der Waals surface area (Å²) in [7, 11) is 0. The van der Waals surface area contributed by atoms with Gasteiger partial charge in [0.15, 0.2) is 0 Å². The van der Waals surface area contributed by atoms with Crippen LogP contribution in [0.5, 0.6) is 0 Å². The highest BCUT2D eigenvalue weighted by molar-refractivity contribution is 5.68. The molecule has 2 aliphatic heterocycles. The number of hydrogen-bond acceptors (Lipinski definition) is 3. The van der Waals surface area contributed by atoms with Crippen molar-refractivity contribution in [2.24, 2.45) is 5.41 Å². The van der Waals surface area contributed by atoms with Crippen molar-refractivity contribution in [3.05, 3.63) is 41.5 Å². The number of carboxylic acids is 1. The van der Waals surface area contributed by atoms with Gasteiger partial charge in [0.1, 0.15) is 6.61 Å². The molecule has 4 nitrogen and oxygen atoms in total. The van der Waals surface area contributed by atoms with Gasteiger partial charge in [0.05, 0.1) is 12.2 Å². The number of carboxylic acid groups (broad SMARTS) is 1. The lowest BCUT2D eigenvalue weighted by Crippen LogP contribution is -2.49. The highest BCUT2D eigenvalue weighted by Crippen LogP contribution is 2.55. The van der Waals surface area contributed by atoms with Gasteiger partial charge in [-0.05, 0) is 79.5 Å². The number of allylic oxidation sites excluding steroid dienone is 2. The van der Waals surface area contributed by atoms with E-state index in [1.807, 2.05) is 0 Å². The minimum atomic E-state index is -0.901. The van der Waals surface area contributed by atoms with Crippen LogP contribution in [-0.4, -0.2) is 30.9 Å². The molecule has 0 radical (unpaired) electrons. The van der Waals surface area contributed by atoms with Crippen molar-refractivity contribution in [1.82, 2.24) is 0 Å². The van der Waals surface area contributed by atoms with Crippen LogP contribution in [0.1, 0.15) is 62.5 Å². The van der Waals surface area contributed by atoms with E-state index in [4.69, 9.17) is 14.6 Å². The third kappa shape index (κ3) is 3.45. The first-order valence-corrected chi connectivity index (χ1v) is 9.84. The molecule has 140 valence electrons. The van der Waals surface area contributed by atoms with Crippen LogP contribution >= 0.6 is 0 Å². The van der Waals surface area contributed by atoms with E-state index in [-0.39, 0.29) is 17.6 Å². The fraction of sp³-hybridized carbons (Fsp3) is 0.591. The Morgan fingerprint density at radius 3 is 2.73 bits per heavy atom. The molecule has 2 bridgehead atoms. The van der Waals surface area contributed by atoms with E-state index in [0.29, 0.717) is 6.61 Å². The van der Waals surface area contributed by atoms with Crippen LogP contribution in [-0.2, 0) is 19.9 Å². The second-order valence-corrected chi connectivity index (χ2v) is 8.18. The predicted octanol–water partition coefficient (Wildman–Crippen LogP) is 4.53. The van der Waals surface area contributed by atoms with E-state index in [1.54, 1.807) is 0 Å². The van der Waals surface area contributed by atoms with Crippen LogP contribution in [0, 0.1) is 5.41 Å². The van der Waals surface area contributed by atoms with E-state index in [2.05, 4.69) is 30.3 Å². The van der Waals surface area contributed by atoms with Gasteiger partial charge in [-0.1, -0.05) is 24.3 Å². The highest BCUT2D eigenvalue weighted by Gasteiger charge is 2.50. The molecule has 26 heavy (non-hydrogen) atoms. The van der Waals surface area contributed by atoms with E-state index < -0.39 is 5.97 Å². The molecule has 2 aliphatic carbocycles. The van der Waals surface area contributed by atoms with Crippen molar-refractivity contribution in [1.29, 1.82) is 0 Å². The lowest BCUT2D eigenvalue weighted by Gasteiger charge is -2.53. The number of rotatable bonds is 7. The van der Waals surface area contributed by atoms with Gasteiger partial charge < -0.3 is 14.6 Å². The zero-order chi connectivity index (χ0) is 18.0. The summed E-state index contributed by atoms with van der Waals surface area (Å²) in [5.74, 6) is -0.901. The summed E-state index contributed by atoms with van der Waals surface area (Å²) < 4.78 is 11.7. The van der Waals surface area contributed by atoms with Crippen molar-refractivity contribution in [3.8, 4) is 0 Å². The molecule has 0 amide bonds. The van der Waals surface area contributed by atoms with Crippen LogP contribution in [0.3, 0.4) is 0 Å². The summed E-state index contributed by atoms with van der Waals surface area (Å²) in [5.41, 5.74) is 4.23. The molecular weight excluding hydrogens is 328 g/mol. The average Bonchev–Trinajstić information content (AvgIpc) is 3.22. The Morgan fingerprint density at radius 2 is 2.08 bits per heavy atom. The number of fused-ring (bicyclic) bond motifs is 3. The Kier molecular flexibility index (Phi) is 4.89. The number of aliphatic carboxylic acids is 1. The SMILES string of the molecule is O=C(O)COCCC12CCC(c3cccc(C4=CCCC4)c3)(CC1)OC2. The predicted molar refractivity (Wildman–Crippen MR) is 99.9 cm³/mol. The second-order valence-electron chi connectivity index (χ2n) is 8.18. The van der Waals surface area contributed by atoms with Crippen molar-refractivity contribution >= 4 is 11.5 Å². The van der Waals surface area contributed by atoms with Gasteiger partial charge in [-0.15, -0.1) is 0 Å². The molecule has 1 aromatic rings. The molecule has 0 spiro atoms. The average molecular weight is 356 g/mol. The van der Waals surface area contributed by atoms with Gasteiger partial charge >= 0.3 is 5.97 Å². The van der Waals surface area contributed by atoms with Gasteiger partial charge in [0, 0.05) is 6.61 Å². The number of hydrogen-bond donors (Lipinski definition) is 1. The van der Waals surface area contributed by atoms with Gasteiger partial charge in [-0.2, -0.15) is 0 Å². The van der Waals surface area contributed by atoms with Crippen LogP contribution in [0.2, 0.25) is 0 Å². The molecule has 1 N–H and O–H groups in total. The van der Waals surface area contributed by atoms with Crippen LogP contribution in [0.25, 0.3) is 5.57 Å². The first-order chi connectivity index (χ1) is 12.6. The highest BCUT2D eigenvalue weighted by atomic mass is 16.5. The van der Waals surface area contributed by atoms with Gasteiger partial charge in [0.2, 0.25) is 0 Å². The minimum Gasteiger partial charge on any atom is -0.480 e. The molecule has 0 atom stereocenters. The summed E-state index contributed by atoms with van der Waals surface area (Å²) in [6, 6.07) is 8.99. The van der Waals surface area contributed by atoms with E-state index in [9.17, 15) is 4.79 Å². The van der Waals surface area contributed by atoms with Crippen molar-refractivity contribution in [2.45, 2.75) is 57.0 Å². The maximum Gasteiger partial charge on any atom is 0.329 e. The molecule has 3 fully saturated rings. The Hall–Kier alpha value is -1.65. The summed E-state index contributed by atoms with van der Waals surface area (Å²) in [5, 5.41) is 8.69.